The monoisotopic (exact) mass is 373 g/mol. The van der Waals surface area contributed by atoms with E-state index in [1.807, 2.05) is 13.8 Å². The van der Waals surface area contributed by atoms with Crippen molar-refractivity contribution in [3.63, 3.8) is 0 Å². The summed E-state index contributed by atoms with van der Waals surface area (Å²) in [6, 6.07) is 0. The molecule has 2 atom stereocenters. The number of carbonyl (C=O) groups is 1. The molecular formula is C15H23N3O4S2. The molecule has 7 nitrogen and oxygen atoms in total. The first-order valence-electron chi connectivity index (χ1n) is 7.84. The highest BCUT2D eigenvalue weighted by molar-refractivity contribution is 7.89. The van der Waals surface area contributed by atoms with Gasteiger partial charge in [0, 0.05) is 24.0 Å². The van der Waals surface area contributed by atoms with Crippen molar-refractivity contribution in [2.75, 3.05) is 12.4 Å². The van der Waals surface area contributed by atoms with Crippen LogP contribution >= 0.6 is 11.3 Å². The minimum atomic E-state index is -3.70. The van der Waals surface area contributed by atoms with E-state index in [2.05, 4.69) is 10.3 Å². The predicted octanol–water partition coefficient (Wildman–Crippen LogP) is 2.63. The second-order valence-corrected chi connectivity index (χ2v) is 9.49. The number of rotatable bonds is 5. The number of thiazole rings is 1. The fourth-order valence-corrected chi connectivity index (χ4v) is 5.04. The lowest BCUT2D eigenvalue weighted by atomic mass is 9.95. The summed E-state index contributed by atoms with van der Waals surface area (Å²) in [6.07, 6.45) is 3.79. The number of sulfonamides is 1. The number of hydrogen-bond acceptors (Lipinski definition) is 6. The molecule has 0 spiro atoms. The van der Waals surface area contributed by atoms with Gasteiger partial charge in [-0.15, -0.1) is 11.3 Å². The summed E-state index contributed by atoms with van der Waals surface area (Å²) in [5.41, 5.74) is -0.220. The summed E-state index contributed by atoms with van der Waals surface area (Å²) in [6.45, 7) is 5.41. The maximum absolute atomic E-state index is 12.6. The normalized spacial score (nSPS) is 23.4. The minimum Gasteiger partial charge on any atom is -0.510 e. The maximum Gasteiger partial charge on any atom is 0.278 e. The average Bonchev–Trinajstić information content (AvgIpc) is 2.91. The van der Waals surface area contributed by atoms with Crippen LogP contribution in [0.5, 0.6) is 0 Å². The number of anilines is 1. The lowest BCUT2D eigenvalue weighted by Gasteiger charge is -2.36. The lowest BCUT2D eigenvalue weighted by Crippen LogP contribution is -2.47. The number of carbonyl (C=O) groups excluding carboxylic acids is 1. The zero-order valence-corrected chi connectivity index (χ0v) is 15.9. The number of aromatic nitrogens is 1. The number of unbranched alkanes of at least 4 members (excludes halogenated alkanes) is 1. The third-order valence-electron chi connectivity index (χ3n) is 4.25. The Morgan fingerprint density at radius 2 is 2.17 bits per heavy atom. The summed E-state index contributed by atoms with van der Waals surface area (Å²) in [7, 11) is -2.40. The van der Waals surface area contributed by atoms with Crippen LogP contribution in [0.2, 0.25) is 0 Å². The van der Waals surface area contributed by atoms with Crippen LogP contribution in [-0.2, 0) is 14.8 Å². The maximum atomic E-state index is 12.6. The Labute approximate surface area is 146 Å². The number of nitrogens with one attached hydrogen (secondary N) is 1. The van der Waals surface area contributed by atoms with Crippen molar-refractivity contribution in [3.05, 3.63) is 22.5 Å². The van der Waals surface area contributed by atoms with Crippen molar-refractivity contribution >= 4 is 32.4 Å². The molecule has 0 bridgehead atoms. The molecule has 0 aliphatic carbocycles. The largest absolute Gasteiger partial charge is 0.510 e. The molecule has 0 radical (unpaired) electrons. The highest BCUT2D eigenvalue weighted by atomic mass is 32.2. The van der Waals surface area contributed by atoms with Crippen LogP contribution in [0.25, 0.3) is 0 Å². The smallest absolute Gasteiger partial charge is 0.278 e. The Balaban J connectivity index is 2.39. The predicted molar refractivity (Wildman–Crippen MR) is 94.3 cm³/mol. The van der Waals surface area contributed by atoms with Gasteiger partial charge in [-0.05, 0) is 20.3 Å². The first kappa shape index (κ1) is 18.7. The number of aryl methyl sites for hydroxylation is 1. The van der Waals surface area contributed by atoms with Crippen LogP contribution in [0.1, 0.15) is 38.0 Å². The van der Waals surface area contributed by atoms with Crippen molar-refractivity contribution in [1.82, 2.24) is 9.29 Å². The van der Waals surface area contributed by atoms with Crippen molar-refractivity contribution in [2.45, 2.75) is 45.3 Å². The van der Waals surface area contributed by atoms with Crippen LogP contribution < -0.4 is 5.32 Å². The molecular weight excluding hydrogens is 350 g/mol. The number of nitrogens with zero attached hydrogens (tertiary/aromatic N) is 2. The lowest BCUT2D eigenvalue weighted by molar-refractivity contribution is -0.114. The van der Waals surface area contributed by atoms with E-state index in [9.17, 15) is 18.3 Å². The molecule has 1 amide bonds. The van der Waals surface area contributed by atoms with Gasteiger partial charge in [-0.2, -0.15) is 0 Å². The molecule has 0 saturated carbocycles. The molecule has 1 aromatic rings. The average molecular weight is 374 g/mol. The molecule has 2 N–H and O–H groups in total. The number of aliphatic hydroxyl groups is 1. The van der Waals surface area contributed by atoms with Gasteiger partial charge in [-0.25, -0.2) is 13.4 Å². The van der Waals surface area contributed by atoms with Crippen LogP contribution in [0.15, 0.2) is 17.7 Å². The highest BCUT2D eigenvalue weighted by Gasteiger charge is 2.44. The number of allylic oxidation sites excluding steroid dienone is 1. The number of hydrogen-bond donors (Lipinski definition) is 2. The Kier molecular flexibility index (Phi) is 5.54. The van der Waals surface area contributed by atoms with E-state index in [0.717, 1.165) is 22.0 Å². The van der Waals surface area contributed by atoms with E-state index in [-0.39, 0.29) is 11.5 Å². The van der Waals surface area contributed by atoms with Gasteiger partial charge < -0.3 is 5.11 Å². The number of amides is 1. The van der Waals surface area contributed by atoms with Crippen molar-refractivity contribution in [2.24, 2.45) is 5.92 Å². The molecule has 1 aliphatic rings. The summed E-state index contributed by atoms with van der Waals surface area (Å²) < 4.78 is 26.1. The summed E-state index contributed by atoms with van der Waals surface area (Å²) in [4.78, 5) is 17.5. The van der Waals surface area contributed by atoms with Gasteiger partial charge in [-0.3, -0.25) is 14.4 Å². The van der Waals surface area contributed by atoms with E-state index in [4.69, 9.17) is 0 Å². The first-order chi connectivity index (χ1) is 11.2. The fraction of sp³-hybridized carbons (Fsp3) is 0.600. The molecule has 2 rings (SSSR count). The Bertz CT molecular complexity index is 755. The molecule has 24 heavy (non-hydrogen) atoms. The Morgan fingerprint density at radius 3 is 2.71 bits per heavy atom. The Hall–Kier alpha value is -1.61. The zero-order valence-electron chi connectivity index (χ0n) is 14.2. The molecule has 1 aromatic heterocycles. The van der Waals surface area contributed by atoms with Crippen molar-refractivity contribution in [1.29, 1.82) is 0 Å². The topological polar surface area (TPSA) is 99.6 Å². The van der Waals surface area contributed by atoms with Crippen LogP contribution in [0.4, 0.5) is 5.13 Å². The molecule has 2 heterocycles. The summed E-state index contributed by atoms with van der Waals surface area (Å²) >= 11 is 1.28. The Morgan fingerprint density at radius 1 is 1.50 bits per heavy atom. The van der Waals surface area contributed by atoms with Gasteiger partial charge in [0.25, 0.3) is 5.91 Å². The molecule has 0 aromatic carbocycles. The SMILES string of the molecule is CCCCC1C(O)=C(C(=O)Nc2ncc(C)s2)N(C)S(=O)(=O)C1C. The minimum absolute atomic E-state index is 0.168. The molecule has 1 aliphatic heterocycles. The second-order valence-electron chi connectivity index (χ2n) is 5.93. The summed E-state index contributed by atoms with van der Waals surface area (Å²) in [5, 5.41) is 12.7. The van der Waals surface area contributed by atoms with Crippen LogP contribution in [0.3, 0.4) is 0 Å². The number of aliphatic hydroxyl groups excluding tert-OH is 1. The third-order valence-corrected chi connectivity index (χ3v) is 7.29. The molecule has 134 valence electrons. The van der Waals surface area contributed by atoms with Crippen molar-refractivity contribution in [3.8, 4) is 0 Å². The van der Waals surface area contributed by atoms with Crippen molar-refractivity contribution < 1.29 is 18.3 Å². The van der Waals surface area contributed by atoms with Gasteiger partial charge in [-0.1, -0.05) is 19.8 Å². The summed E-state index contributed by atoms with van der Waals surface area (Å²) in [5.74, 6) is -1.41. The fourth-order valence-electron chi connectivity index (χ4n) is 2.77. The molecule has 2 unspecified atom stereocenters. The first-order valence-corrected chi connectivity index (χ1v) is 10.2. The molecule has 9 heteroatoms. The van der Waals surface area contributed by atoms with Gasteiger partial charge in [0.15, 0.2) is 10.8 Å². The standard InChI is InChI=1S/C15H23N3O4S2/c1-5-6-7-11-10(3)24(21,22)18(4)12(13(11)19)14(20)17-15-16-8-9(2)23-15/h8,10-11,19H,5-7H2,1-4H3,(H,16,17,20). The van der Waals surface area contributed by atoms with Gasteiger partial charge >= 0.3 is 0 Å². The van der Waals surface area contributed by atoms with E-state index in [1.165, 1.54) is 18.4 Å². The highest BCUT2D eigenvalue weighted by Crippen LogP contribution is 2.36. The van der Waals surface area contributed by atoms with Gasteiger partial charge in [0.2, 0.25) is 10.0 Å². The van der Waals surface area contributed by atoms with E-state index in [1.54, 1.807) is 13.1 Å². The van der Waals surface area contributed by atoms with Gasteiger partial charge in [0.05, 0.1) is 5.25 Å². The van der Waals surface area contributed by atoms with Gasteiger partial charge in [0.1, 0.15) is 5.76 Å². The second kappa shape index (κ2) is 7.10. The molecule has 0 saturated heterocycles. The quantitative estimate of drug-likeness (QED) is 0.826. The van der Waals surface area contributed by atoms with Crippen LogP contribution in [0, 0.1) is 12.8 Å². The van der Waals surface area contributed by atoms with Crippen LogP contribution in [-0.4, -0.2) is 41.0 Å². The van der Waals surface area contributed by atoms with E-state index in [0.29, 0.717) is 11.6 Å². The van der Waals surface area contributed by atoms with E-state index >= 15 is 0 Å². The third kappa shape index (κ3) is 3.41. The molecule has 0 fully saturated rings. The zero-order chi connectivity index (χ0) is 18.1. The number of likely N-dealkylation sites (N-methyl/N-ethyl adjacent to an activating group) is 1. The van der Waals surface area contributed by atoms with E-state index < -0.39 is 27.1 Å².